The fraction of sp³-hybridized carbons (Fsp3) is 0.300. The molecule has 11 heteroatoms. The monoisotopic (exact) mass is 458 g/mol. The number of rotatable bonds is 3. The van der Waals surface area contributed by atoms with Crippen molar-refractivity contribution in [3.63, 3.8) is 0 Å². The highest BCUT2D eigenvalue weighted by Crippen LogP contribution is 2.25. The van der Waals surface area contributed by atoms with E-state index in [1.54, 1.807) is 31.0 Å². The van der Waals surface area contributed by atoms with Gasteiger partial charge in [0, 0.05) is 31.9 Å². The summed E-state index contributed by atoms with van der Waals surface area (Å²) in [6.45, 7) is 4.03. The topological polar surface area (TPSA) is 112 Å². The van der Waals surface area contributed by atoms with Crippen molar-refractivity contribution in [2.45, 2.75) is 24.8 Å². The minimum atomic E-state index is -3.75. The van der Waals surface area contributed by atoms with Gasteiger partial charge < -0.3 is 4.90 Å². The van der Waals surface area contributed by atoms with Crippen LogP contribution in [0.2, 0.25) is 5.02 Å². The average molecular weight is 459 g/mol. The van der Waals surface area contributed by atoms with Crippen LogP contribution in [0.5, 0.6) is 0 Å². The number of nitriles is 1. The highest BCUT2D eigenvalue weighted by atomic mass is 35.5. The van der Waals surface area contributed by atoms with Crippen molar-refractivity contribution in [2.75, 3.05) is 19.6 Å². The lowest BCUT2D eigenvalue weighted by Crippen LogP contribution is -2.55. The molecule has 0 bridgehead atoms. The number of carbonyl (C=O) groups excluding carboxylic acids is 1. The van der Waals surface area contributed by atoms with Crippen molar-refractivity contribution in [2.24, 2.45) is 0 Å². The maximum absolute atomic E-state index is 13.2. The number of aromatic nitrogens is 3. The third-order valence-electron chi connectivity index (χ3n) is 5.33. The van der Waals surface area contributed by atoms with Crippen molar-refractivity contribution in [3.05, 3.63) is 58.5 Å². The Labute approximate surface area is 184 Å². The van der Waals surface area contributed by atoms with Crippen molar-refractivity contribution in [1.29, 1.82) is 5.26 Å². The van der Waals surface area contributed by atoms with Gasteiger partial charge in [-0.05, 0) is 37.6 Å². The van der Waals surface area contributed by atoms with Crippen molar-refractivity contribution >= 4 is 33.2 Å². The molecule has 0 radical (unpaired) electrons. The second-order valence-corrected chi connectivity index (χ2v) is 9.74. The van der Waals surface area contributed by atoms with E-state index < -0.39 is 10.0 Å². The number of amides is 1. The summed E-state index contributed by atoms with van der Waals surface area (Å²) in [6, 6.07) is 6.17. The van der Waals surface area contributed by atoms with Gasteiger partial charge in [-0.25, -0.2) is 17.9 Å². The molecule has 31 heavy (non-hydrogen) atoms. The lowest BCUT2D eigenvalue weighted by Gasteiger charge is -2.39. The van der Waals surface area contributed by atoms with E-state index in [0.717, 1.165) is 0 Å². The van der Waals surface area contributed by atoms with E-state index in [2.05, 4.69) is 10.1 Å². The van der Waals surface area contributed by atoms with Crippen LogP contribution >= 0.6 is 11.6 Å². The van der Waals surface area contributed by atoms with Crippen LogP contribution in [-0.4, -0.2) is 63.8 Å². The second-order valence-electron chi connectivity index (χ2n) is 7.40. The molecule has 3 aromatic rings. The molecule has 1 aromatic carbocycles. The number of hydrogen-bond donors (Lipinski definition) is 0. The first kappa shape index (κ1) is 21.2. The minimum absolute atomic E-state index is 0.159. The number of halogens is 1. The number of benzene rings is 1. The molecule has 0 N–H and O–H groups in total. The Hall–Kier alpha value is -3.00. The van der Waals surface area contributed by atoms with E-state index in [1.807, 2.05) is 6.07 Å². The SMILES string of the molecule is Cc1cc(C#N)ccc1S(=O)(=O)N1CCN(C(=O)c2cnn3cc(Cl)cnc23)[C@@H](C)C1. The Morgan fingerprint density at radius 3 is 2.74 bits per heavy atom. The maximum atomic E-state index is 13.2. The summed E-state index contributed by atoms with van der Waals surface area (Å²) in [5, 5.41) is 13.5. The van der Waals surface area contributed by atoms with Gasteiger partial charge in [0.2, 0.25) is 10.0 Å². The van der Waals surface area contributed by atoms with E-state index >= 15 is 0 Å². The van der Waals surface area contributed by atoms with Gasteiger partial charge in [0.05, 0.1) is 33.9 Å². The van der Waals surface area contributed by atoms with Gasteiger partial charge in [0.1, 0.15) is 5.56 Å². The van der Waals surface area contributed by atoms with Crippen molar-refractivity contribution in [1.82, 2.24) is 23.8 Å². The number of hydrogen-bond acceptors (Lipinski definition) is 6. The molecule has 1 aliphatic heterocycles. The number of sulfonamides is 1. The van der Waals surface area contributed by atoms with E-state index in [4.69, 9.17) is 16.9 Å². The van der Waals surface area contributed by atoms with Crippen molar-refractivity contribution < 1.29 is 13.2 Å². The van der Waals surface area contributed by atoms with Gasteiger partial charge in [0.15, 0.2) is 5.65 Å². The summed E-state index contributed by atoms with van der Waals surface area (Å²) in [4.78, 5) is 19.1. The van der Waals surface area contributed by atoms with Gasteiger partial charge in [-0.2, -0.15) is 14.7 Å². The summed E-state index contributed by atoms with van der Waals surface area (Å²) in [5.41, 5.74) is 1.65. The zero-order chi connectivity index (χ0) is 22.3. The van der Waals surface area contributed by atoms with Crippen LogP contribution in [-0.2, 0) is 10.0 Å². The summed E-state index contributed by atoms with van der Waals surface area (Å²) in [5.74, 6) is -0.260. The van der Waals surface area contributed by atoms with E-state index in [0.29, 0.717) is 27.4 Å². The Morgan fingerprint density at radius 1 is 1.29 bits per heavy atom. The number of carbonyl (C=O) groups is 1. The molecular weight excluding hydrogens is 440 g/mol. The van der Waals surface area contributed by atoms with E-state index in [1.165, 1.54) is 33.3 Å². The summed E-state index contributed by atoms with van der Waals surface area (Å²) in [7, 11) is -3.75. The molecule has 1 aliphatic rings. The Morgan fingerprint density at radius 2 is 2.06 bits per heavy atom. The van der Waals surface area contributed by atoms with Crippen LogP contribution in [0.1, 0.15) is 28.4 Å². The molecule has 3 heterocycles. The Bertz CT molecular complexity index is 1330. The van der Waals surface area contributed by atoms with Gasteiger partial charge in [-0.1, -0.05) is 11.6 Å². The summed E-state index contributed by atoms with van der Waals surface area (Å²) in [6.07, 6.45) is 4.45. The highest BCUT2D eigenvalue weighted by molar-refractivity contribution is 7.89. The fourth-order valence-electron chi connectivity index (χ4n) is 3.75. The first-order valence-corrected chi connectivity index (χ1v) is 11.3. The van der Waals surface area contributed by atoms with Crippen LogP contribution in [0, 0.1) is 18.3 Å². The standard InChI is InChI=1S/C20H19ClN6O3S/c1-13-7-15(8-22)3-4-18(13)31(29,30)25-5-6-26(14(2)11-25)20(28)17-10-24-27-12-16(21)9-23-19(17)27/h3-4,7,9-10,12,14H,5-6,11H2,1-2H3/t14-/m0/s1. The largest absolute Gasteiger partial charge is 0.333 e. The van der Waals surface area contributed by atoms with Gasteiger partial charge in [-0.3, -0.25) is 4.79 Å². The molecule has 0 spiro atoms. The van der Waals surface area contributed by atoms with Crippen molar-refractivity contribution in [3.8, 4) is 6.07 Å². The third kappa shape index (κ3) is 3.76. The van der Waals surface area contributed by atoms with Crippen LogP contribution in [0.25, 0.3) is 5.65 Å². The number of fused-ring (bicyclic) bond motifs is 1. The second kappa shape index (κ2) is 7.92. The molecule has 1 saturated heterocycles. The summed E-state index contributed by atoms with van der Waals surface area (Å²) < 4.78 is 29.2. The molecular formula is C20H19ClN6O3S. The van der Waals surface area contributed by atoms with E-state index in [-0.39, 0.29) is 36.5 Å². The first-order chi connectivity index (χ1) is 14.7. The smallest absolute Gasteiger partial charge is 0.259 e. The Balaban J connectivity index is 1.55. The number of piperazine rings is 1. The maximum Gasteiger partial charge on any atom is 0.259 e. The third-order valence-corrected chi connectivity index (χ3v) is 7.55. The molecule has 4 rings (SSSR count). The molecule has 1 atom stereocenters. The van der Waals surface area contributed by atoms with Crippen LogP contribution in [0.15, 0.2) is 41.7 Å². The number of aryl methyl sites for hydroxylation is 1. The van der Waals surface area contributed by atoms with Crippen LogP contribution in [0.4, 0.5) is 0 Å². The van der Waals surface area contributed by atoms with Gasteiger partial charge in [-0.15, -0.1) is 0 Å². The molecule has 0 aliphatic carbocycles. The van der Waals surface area contributed by atoms with Crippen LogP contribution < -0.4 is 0 Å². The minimum Gasteiger partial charge on any atom is -0.333 e. The predicted molar refractivity (Wildman–Crippen MR) is 113 cm³/mol. The molecule has 0 saturated carbocycles. The van der Waals surface area contributed by atoms with E-state index in [9.17, 15) is 13.2 Å². The lowest BCUT2D eigenvalue weighted by atomic mass is 10.1. The molecule has 160 valence electrons. The lowest BCUT2D eigenvalue weighted by molar-refractivity contribution is 0.0593. The normalized spacial score (nSPS) is 17.6. The molecule has 1 fully saturated rings. The molecule has 2 aromatic heterocycles. The van der Waals surface area contributed by atoms with Gasteiger partial charge >= 0.3 is 0 Å². The quantitative estimate of drug-likeness (QED) is 0.594. The predicted octanol–water partition coefficient (Wildman–Crippen LogP) is 2.10. The average Bonchev–Trinajstić information content (AvgIpc) is 3.15. The fourth-order valence-corrected chi connectivity index (χ4v) is 5.61. The van der Waals surface area contributed by atoms with Gasteiger partial charge in [0.25, 0.3) is 5.91 Å². The molecule has 0 unspecified atom stereocenters. The first-order valence-electron chi connectivity index (χ1n) is 9.53. The Kier molecular flexibility index (Phi) is 5.43. The zero-order valence-electron chi connectivity index (χ0n) is 16.9. The highest BCUT2D eigenvalue weighted by Gasteiger charge is 2.36. The number of nitrogens with zero attached hydrogens (tertiary/aromatic N) is 6. The van der Waals surface area contributed by atoms with Crippen LogP contribution in [0.3, 0.4) is 0 Å². The molecule has 9 nitrogen and oxygen atoms in total. The molecule has 1 amide bonds. The summed E-state index contributed by atoms with van der Waals surface area (Å²) >= 11 is 5.92. The zero-order valence-corrected chi connectivity index (χ0v) is 18.4.